The van der Waals surface area contributed by atoms with Crippen molar-refractivity contribution >= 4 is 27.3 Å². The van der Waals surface area contributed by atoms with E-state index < -0.39 is 40.1 Å². The lowest BCUT2D eigenvalue weighted by Gasteiger charge is -2.13. The van der Waals surface area contributed by atoms with Crippen LogP contribution in [-0.2, 0) is 10.0 Å². The molecule has 3 aromatic heterocycles. The number of anilines is 1. The summed E-state index contributed by atoms with van der Waals surface area (Å²) in [5, 5.41) is 2.45. The van der Waals surface area contributed by atoms with Crippen LogP contribution >= 0.6 is 11.3 Å². The molecule has 29 heavy (non-hydrogen) atoms. The van der Waals surface area contributed by atoms with Crippen LogP contribution in [0.1, 0.15) is 5.69 Å². The van der Waals surface area contributed by atoms with Gasteiger partial charge in [-0.1, -0.05) is 0 Å². The van der Waals surface area contributed by atoms with E-state index >= 15 is 0 Å². The number of hydrogen-bond acceptors (Lipinski definition) is 9. The summed E-state index contributed by atoms with van der Waals surface area (Å²) in [5.74, 6) is -1.87. The van der Waals surface area contributed by atoms with Crippen LogP contribution in [-0.4, -0.2) is 49.2 Å². The van der Waals surface area contributed by atoms with Gasteiger partial charge in [-0.2, -0.15) is 18.7 Å². The number of alkyl halides is 2. The Bertz CT molecular complexity index is 1090. The highest BCUT2D eigenvalue weighted by atomic mass is 32.2. The monoisotopic (exact) mass is 447 g/mol. The van der Waals surface area contributed by atoms with E-state index in [1.165, 1.54) is 23.6 Å². The summed E-state index contributed by atoms with van der Waals surface area (Å²) >= 11 is 1.36. The Labute approximate surface area is 167 Å². The summed E-state index contributed by atoms with van der Waals surface area (Å²) in [7, 11) is -1.82. The molecule has 3 aromatic rings. The Morgan fingerprint density at radius 2 is 1.83 bits per heavy atom. The van der Waals surface area contributed by atoms with Gasteiger partial charge in [-0.05, 0) is 13.0 Å². The molecule has 156 valence electrons. The number of aromatic amines is 1. The van der Waals surface area contributed by atoms with E-state index in [9.17, 15) is 17.2 Å². The van der Waals surface area contributed by atoms with Crippen molar-refractivity contribution < 1.29 is 31.4 Å². The lowest BCUT2D eigenvalue weighted by molar-refractivity contribution is -0.0533. The summed E-state index contributed by atoms with van der Waals surface area (Å²) < 4.78 is 66.7. The average molecular weight is 447 g/mol. The summed E-state index contributed by atoms with van der Waals surface area (Å²) in [6, 6.07) is 1.39. The molecule has 0 aliphatic rings. The predicted molar refractivity (Wildman–Crippen MR) is 99.2 cm³/mol. The summed E-state index contributed by atoms with van der Waals surface area (Å²) in [5.41, 5.74) is 1.32. The van der Waals surface area contributed by atoms with Gasteiger partial charge in [0.15, 0.2) is 0 Å². The van der Waals surface area contributed by atoms with Gasteiger partial charge in [0.05, 0.1) is 19.9 Å². The van der Waals surface area contributed by atoms with Crippen molar-refractivity contribution in [2.75, 3.05) is 18.9 Å². The molecular formula is C15H15F2N5O5S2. The van der Waals surface area contributed by atoms with Crippen molar-refractivity contribution in [3.63, 3.8) is 0 Å². The molecule has 0 aliphatic heterocycles. The Balaban J connectivity index is 1.91. The van der Waals surface area contributed by atoms with E-state index in [1.54, 1.807) is 0 Å². The number of rotatable bonds is 8. The summed E-state index contributed by atoms with van der Waals surface area (Å²) in [4.78, 5) is 14.5. The van der Waals surface area contributed by atoms with Gasteiger partial charge >= 0.3 is 6.61 Å². The van der Waals surface area contributed by atoms with E-state index in [1.807, 2.05) is 12.3 Å². The molecule has 0 fully saturated rings. The lowest BCUT2D eigenvalue weighted by Crippen LogP contribution is -2.16. The first-order valence-corrected chi connectivity index (χ1v) is 10.2. The smallest absolute Gasteiger partial charge is 0.387 e. The molecule has 3 heterocycles. The van der Waals surface area contributed by atoms with Crippen molar-refractivity contribution in [1.29, 1.82) is 0 Å². The van der Waals surface area contributed by atoms with E-state index in [0.29, 0.717) is 10.7 Å². The van der Waals surface area contributed by atoms with Crippen LogP contribution in [0, 0.1) is 6.92 Å². The van der Waals surface area contributed by atoms with E-state index in [2.05, 4.69) is 29.4 Å². The number of nitrogens with zero attached hydrogens (tertiary/aromatic N) is 3. The molecule has 0 aromatic carbocycles. The first-order chi connectivity index (χ1) is 13.7. The molecule has 0 unspecified atom stereocenters. The number of H-pyrrole nitrogens is 1. The molecule has 3 rings (SSSR count). The average Bonchev–Trinajstić information content (AvgIpc) is 3.31. The zero-order valence-corrected chi connectivity index (χ0v) is 16.9. The fourth-order valence-corrected chi connectivity index (χ4v) is 3.95. The zero-order chi connectivity index (χ0) is 21.2. The number of thiazole rings is 1. The molecular weight excluding hydrogens is 432 g/mol. The second-order valence-electron chi connectivity index (χ2n) is 5.42. The number of aryl methyl sites for hydroxylation is 1. The molecule has 0 radical (unpaired) electrons. The van der Waals surface area contributed by atoms with Crippen LogP contribution in [0.2, 0.25) is 0 Å². The third-order valence-corrected chi connectivity index (χ3v) is 5.74. The quantitative estimate of drug-likeness (QED) is 0.539. The number of aromatic nitrogens is 4. The number of nitrogens with one attached hydrogen (secondary N) is 2. The van der Waals surface area contributed by atoms with Gasteiger partial charge in [-0.25, -0.2) is 18.1 Å². The molecule has 0 amide bonds. The maximum absolute atomic E-state index is 12.7. The topological polar surface area (TPSA) is 128 Å². The zero-order valence-electron chi connectivity index (χ0n) is 15.3. The van der Waals surface area contributed by atoms with Crippen molar-refractivity contribution in [2.45, 2.75) is 18.4 Å². The normalized spacial score (nSPS) is 11.5. The maximum Gasteiger partial charge on any atom is 0.387 e. The van der Waals surface area contributed by atoms with Crippen LogP contribution in [0.3, 0.4) is 0 Å². The first kappa shape index (κ1) is 20.7. The molecule has 14 heteroatoms. The van der Waals surface area contributed by atoms with Gasteiger partial charge in [-0.15, -0.1) is 11.3 Å². The molecule has 0 aliphatic carbocycles. The predicted octanol–water partition coefficient (Wildman–Crippen LogP) is 2.66. The number of ether oxygens (including phenoxy) is 3. The Morgan fingerprint density at radius 3 is 2.34 bits per heavy atom. The molecule has 0 saturated heterocycles. The fourth-order valence-electron chi connectivity index (χ4n) is 2.23. The third kappa shape index (κ3) is 4.54. The number of methoxy groups -OCH3 is 2. The Morgan fingerprint density at radius 1 is 1.17 bits per heavy atom. The van der Waals surface area contributed by atoms with Gasteiger partial charge in [0, 0.05) is 17.3 Å². The largest absolute Gasteiger partial charge is 0.478 e. The molecule has 0 saturated carbocycles. The molecule has 10 nitrogen and oxygen atoms in total. The van der Waals surface area contributed by atoms with E-state index in [-0.39, 0.29) is 4.90 Å². The third-order valence-electron chi connectivity index (χ3n) is 3.44. The minimum Gasteiger partial charge on any atom is -0.478 e. The van der Waals surface area contributed by atoms with E-state index in [0.717, 1.165) is 19.9 Å². The maximum atomic E-state index is 12.7. The Kier molecular flexibility index (Phi) is 5.83. The highest BCUT2D eigenvalue weighted by Gasteiger charge is 2.24. The highest BCUT2D eigenvalue weighted by molar-refractivity contribution is 7.92. The van der Waals surface area contributed by atoms with E-state index in [4.69, 9.17) is 9.47 Å². The minimum absolute atomic E-state index is 0.102. The summed E-state index contributed by atoms with van der Waals surface area (Å²) in [6.07, 6.45) is 1.27. The van der Waals surface area contributed by atoms with Gasteiger partial charge in [0.25, 0.3) is 21.8 Å². The fraction of sp³-hybridized carbons (Fsp3) is 0.267. The van der Waals surface area contributed by atoms with Crippen LogP contribution in [0.25, 0.3) is 10.7 Å². The van der Waals surface area contributed by atoms with Crippen molar-refractivity contribution in [2.24, 2.45) is 0 Å². The highest BCUT2D eigenvalue weighted by Crippen LogP contribution is 2.36. The van der Waals surface area contributed by atoms with Crippen LogP contribution in [0.15, 0.2) is 22.5 Å². The van der Waals surface area contributed by atoms with Crippen molar-refractivity contribution in [3.05, 3.63) is 23.3 Å². The van der Waals surface area contributed by atoms with Crippen LogP contribution in [0.5, 0.6) is 17.5 Å². The molecule has 0 atom stereocenters. The van der Waals surface area contributed by atoms with Gasteiger partial charge in [0.2, 0.25) is 11.7 Å². The second kappa shape index (κ2) is 8.16. The van der Waals surface area contributed by atoms with Crippen LogP contribution < -0.4 is 18.9 Å². The van der Waals surface area contributed by atoms with Gasteiger partial charge < -0.3 is 19.2 Å². The Hall–Kier alpha value is -3.00. The van der Waals surface area contributed by atoms with Gasteiger partial charge in [-0.3, -0.25) is 0 Å². The van der Waals surface area contributed by atoms with Crippen molar-refractivity contribution in [1.82, 2.24) is 19.9 Å². The van der Waals surface area contributed by atoms with Crippen molar-refractivity contribution in [3.8, 4) is 28.2 Å². The molecule has 0 bridgehead atoms. The standard InChI is InChI=1S/C15H15F2N5O5S2/c1-7-6-28-13(19-7)9-4-8(5-18-9)29(23,24)22-15-20-11(25-2)10(27-14(16)17)12(21-15)26-3/h4-6,14,18H,1-3H3,(H,20,21,22). The minimum atomic E-state index is -4.11. The first-order valence-electron chi connectivity index (χ1n) is 7.82. The molecule has 2 N–H and O–H groups in total. The van der Waals surface area contributed by atoms with Gasteiger partial charge in [0.1, 0.15) is 9.90 Å². The second-order valence-corrected chi connectivity index (χ2v) is 7.96. The molecule has 0 spiro atoms. The number of sulfonamides is 1. The summed E-state index contributed by atoms with van der Waals surface area (Å²) in [6.45, 7) is -1.36. The SMILES string of the molecule is COc1nc(NS(=O)(=O)c2c[nH]c(-c3nc(C)cs3)c2)nc(OC)c1OC(F)F. The van der Waals surface area contributed by atoms with Crippen LogP contribution in [0.4, 0.5) is 14.7 Å². The number of hydrogen-bond donors (Lipinski definition) is 2. The number of halogens is 2. The lowest BCUT2D eigenvalue weighted by atomic mass is 10.4.